The second kappa shape index (κ2) is 7.75. The number of nitro benzene ring substituents is 1. The first-order valence-corrected chi connectivity index (χ1v) is 8.98. The fraction of sp³-hybridized carbons (Fsp3) is 0.238. The van der Waals surface area contributed by atoms with E-state index in [0.717, 1.165) is 0 Å². The Morgan fingerprint density at radius 1 is 1.34 bits per heavy atom. The highest BCUT2D eigenvalue weighted by Gasteiger charge is 2.37. The number of non-ortho nitro benzene ring substituents is 1. The van der Waals surface area contributed by atoms with Crippen molar-refractivity contribution in [1.82, 2.24) is 0 Å². The Balaban J connectivity index is 1.92. The molecule has 1 aliphatic rings. The standard InChI is InChI=1S/C21H21N3O5/c1-4-10-23-17-12-15(8-9-18(17)29-13-21(2,3)20(23)26)22-19(25)14-6-5-7-16(11-14)24(27)28/h4-9,11-12H,1,10,13H2,2-3H3,(H,22,25). The van der Waals surface area contributed by atoms with E-state index in [1.165, 1.54) is 24.3 Å². The van der Waals surface area contributed by atoms with E-state index in [-0.39, 0.29) is 23.8 Å². The summed E-state index contributed by atoms with van der Waals surface area (Å²) in [4.78, 5) is 37.4. The number of rotatable bonds is 5. The Morgan fingerprint density at radius 2 is 2.10 bits per heavy atom. The average molecular weight is 395 g/mol. The van der Waals surface area contributed by atoms with Gasteiger partial charge in [0.2, 0.25) is 5.91 Å². The summed E-state index contributed by atoms with van der Waals surface area (Å²) >= 11 is 0. The summed E-state index contributed by atoms with van der Waals surface area (Å²) in [7, 11) is 0. The Kier molecular flexibility index (Phi) is 5.36. The number of carbonyl (C=O) groups excluding carboxylic acids is 2. The van der Waals surface area contributed by atoms with Crippen molar-refractivity contribution in [3.05, 3.63) is 70.8 Å². The molecule has 1 heterocycles. The van der Waals surface area contributed by atoms with Crippen LogP contribution in [0.4, 0.5) is 17.1 Å². The molecule has 8 heteroatoms. The molecule has 0 spiro atoms. The minimum absolute atomic E-state index is 0.113. The molecule has 2 aromatic rings. The van der Waals surface area contributed by atoms with E-state index >= 15 is 0 Å². The lowest BCUT2D eigenvalue weighted by Crippen LogP contribution is -2.42. The number of ether oxygens (including phenoxy) is 1. The van der Waals surface area contributed by atoms with Gasteiger partial charge in [0.1, 0.15) is 12.4 Å². The van der Waals surface area contributed by atoms with Gasteiger partial charge in [-0.25, -0.2) is 0 Å². The van der Waals surface area contributed by atoms with Gasteiger partial charge in [-0.1, -0.05) is 12.1 Å². The van der Waals surface area contributed by atoms with Crippen LogP contribution in [0.25, 0.3) is 0 Å². The highest BCUT2D eigenvalue weighted by molar-refractivity contribution is 6.06. The largest absolute Gasteiger partial charge is 0.490 e. The maximum atomic E-state index is 12.9. The lowest BCUT2D eigenvalue weighted by atomic mass is 9.93. The fourth-order valence-corrected chi connectivity index (χ4v) is 3.00. The van der Waals surface area contributed by atoms with Crippen LogP contribution in [0.3, 0.4) is 0 Å². The van der Waals surface area contributed by atoms with Crippen LogP contribution < -0.4 is 15.0 Å². The molecule has 2 amide bonds. The van der Waals surface area contributed by atoms with Crippen LogP contribution in [-0.2, 0) is 4.79 Å². The van der Waals surface area contributed by atoms with Gasteiger partial charge in [-0.15, -0.1) is 6.58 Å². The van der Waals surface area contributed by atoms with Crippen molar-refractivity contribution in [1.29, 1.82) is 0 Å². The van der Waals surface area contributed by atoms with Crippen LogP contribution in [0.15, 0.2) is 55.1 Å². The highest BCUT2D eigenvalue weighted by Crippen LogP contribution is 2.38. The van der Waals surface area contributed by atoms with Gasteiger partial charge in [0.15, 0.2) is 0 Å². The van der Waals surface area contributed by atoms with Gasteiger partial charge in [-0.3, -0.25) is 19.7 Å². The average Bonchev–Trinajstić information content (AvgIpc) is 2.78. The third-order valence-electron chi connectivity index (χ3n) is 4.55. The molecule has 0 aliphatic carbocycles. The molecule has 0 aromatic heterocycles. The molecule has 1 N–H and O–H groups in total. The number of nitrogens with zero attached hydrogens (tertiary/aromatic N) is 2. The van der Waals surface area contributed by atoms with E-state index in [1.807, 2.05) is 13.8 Å². The van der Waals surface area contributed by atoms with Crippen LogP contribution in [-0.4, -0.2) is 29.9 Å². The Hall–Kier alpha value is -3.68. The molecule has 0 radical (unpaired) electrons. The molecule has 0 fully saturated rings. The summed E-state index contributed by atoms with van der Waals surface area (Å²) in [5.74, 6) is -0.0810. The zero-order valence-corrected chi connectivity index (χ0v) is 16.2. The van der Waals surface area contributed by atoms with Crippen molar-refractivity contribution < 1.29 is 19.2 Å². The molecule has 1 aliphatic heterocycles. The zero-order valence-electron chi connectivity index (χ0n) is 16.2. The van der Waals surface area contributed by atoms with Crippen LogP contribution in [0.2, 0.25) is 0 Å². The van der Waals surface area contributed by atoms with Gasteiger partial charge in [0.05, 0.1) is 16.0 Å². The van der Waals surface area contributed by atoms with E-state index < -0.39 is 16.2 Å². The van der Waals surface area contributed by atoms with Crippen LogP contribution in [0.1, 0.15) is 24.2 Å². The molecular weight excluding hydrogens is 374 g/mol. The van der Waals surface area contributed by atoms with Crippen molar-refractivity contribution in [2.75, 3.05) is 23.4 Å². The van der Waals surface area contributed by atoms with Crippen molar-refractivity contribution in [2.45, 2.75) is 13.8 Å². The van der Waals surface area contributed by atoms with E-state index in [1.54, 1.807) is 29.2 Å². The SMILES string of the molecule is C=CCN1C(=O)C(C)(C)COc2ccc(NC(=O)c3cccc([N+](=O)[O-])c3)cc21. The third kappa shape index (κ3) is 4.11. The minimum atomic E-state index is -0.714. The number of hydrogen-bond donors (Lipinski definition) is 1. The predicted octanol–water partition coefficient (Wildman–Crippen LogP) is 3.78. The van der Waals surface area contributed by atoms with Gasteiger partial charge in [0, 0.05) is 29.9 Å². The maximum Gasteiger partial charge on any atom is 0.270 e. The first kappa shape index (κ1) is 20.1. The molecule has 0 bridgehead atoms. The number of hydrogen-bond acceptors (Lipinski definition) is 5. The van der Waals surface area contributed by atoms with Gasteiger partial charge in [0.25, 0.3) is 11.6 Å². The number of nitrogens with one attached hydrogen (secondary N) is 1. The summed E-state index contributed by atoms with van der Waals surface area (Å²) in [6, 6.07) is 10.4. The van der Waals surface area contributed by atoms with Crippen molar-refractivity contribution >= 4 is 28.9 Å². The van der Waals surface area contributed by atoms with Crippen LogP contribution >= 0.6 is 0 Å². The smallest absolute Gasteiger partial charge is 0.270 e. The van der Waals surface area contributed by atoms with Crippen LogP contribution in [0, 0.1) is 15.5 Å². The van der Waals surface area contributed by atoms with Crippen LogP contribution in [0.5, 0.6) is 5.75 Å². The molecule has 2 aromatic carbocycles. The summed E-state index contributed by atoms with van der Waals surface area (Å²) in [6.07, 6.45) is 1.62. The number of nitro groups is 1. The van der Waals surface area contributed by atoms with E-state index in [0.29, 0.717) is 23.7 Å². The van der Waals surface area contributed by atoms with E-state index in [4.69, 9.17) is 4.74 Å². The quantitative estimate of drug-likeness (QED) is 0.471. The topological polar surface area (TPSA) is 102 Å². The molecule has 8 nitrogen and oxygen atoms in total. The fourth-order valence-electron chi connectivity index (χ4n) is 3.00. The van der Waals surface area contributed by atoms with Crippen molar-refractivity contribution in [3.63, 3.8) is 0 Å². The van der Waals surface area contributed by atoms with Gasteiger partial charge < -0.3 is 15.0 Å². The Labute approximate surface area is 167 Å². The van der Waals surface area contributed by atoms with Gasteiger partial charge in [-0.05, 0) is 38.1 Å². The molecule has 150 valence electrons. The summed E-state index contributed by atoms with van der Waals surface area (Å²) < 4.78 is 5.81. The Morgan fingerprint density at radius 3 is 2.79 bits per heavy atom. The van der Waals surface area contributed by atoms with Gasteiger partial charge >= 0.3 is 0 Å². The maximum absolute atomic E-state index is 12.9. The highest BCUT2D eigenvalue weighted by atomic mass is 16.6. The number of amides is 2. The van der Waals surface area contributed by atoms with Crippen molar-refractivity contribution in [3.8, 4) is 5.75 Å². The zero-order chi connectivity index (χ0) is 21.2. The second-order valence-corrected chi connectivity index (χ2v) is 7.32. The normalized spacial score (nSPS) is 15.0. The van der Waals surface area contributed by atoms with E-state index in [2.05, 4.69) is 11.9 Å². The Bertz CT molecular complexity index is 1000. The van der Waals surface area contributed by atoms with Crippen molar-refractivity contribution in [2.24, 2.45) is 5.41 Å². The molecule has 29 heavy (non-hydrogen) atoms. The lowest BCUT2D eigenvalue weighted by molar-refractivity contribution is -0.384. The number of benzene rings is 2. The first-order valence-electron chi connectivity index (χ1n) is 8.98. The first-order chi connectivity index (χ1) is 13.7. The number of fused-ring (bicyclic) bond motifs is 1. The molecule has 0 atom stereocenters. The minimum Gasteiger partial charge on any atom is -0.490 e. The predicted molar refractivity (Wildman–Crippen MR) is 109 cm³/mol. The summed E-state index contributed by atoms with van der Waals surface area (Å²) in [5, 5.41) is 13.6. The number of carbonyl (C=O) groups is 2. The molecule has 0 saturated carbocycles. The molecule has 0 saturated heterocycles. The summed E-state index contributed by atoms with van der Waals surface area (Å²) in [6.45, 7) is 7.85. The van der Waals surface area contributed by atoms with E-state index in [9.17, 15) is 19.7 Å². The molecule has 3 rings (SSSR count). The molecule has 0 unspecified atom stereocenters. The third-order valence-corrected chi connectivity index (χ3v) is 4.55. The monoisotopic (exact) mass is 395 g/mol. The lowest BCUT2D eigenvalue weighted by Gasteiger charge is -2.27. The van der Waals surface area contributed by atoms with Gasteiger partial charge in [-0.2, -0.15) is 0 Å². The molecular formula is C21H21N3O5. The second-order valence-electron chi connectivity index (χ2n) is 7.32. The summed E-state index contributed by atoms with van der Waals surface area (Å²) in [5.41, 5.74) is 0.236. The number of anilines is 2.